The predicted molar refractivity (Wildman–Crippen MR) is 48.8 cm³/mol. The highest BCUT2D eigenvalue weighted by molar-refractivity contribution is 5.33. The van der Waals surface area contributed by atoms with Crippen molar-refractivity contribution in [3.8, 4) is 0 Å². The van der Waals surface area contributed by atoms with Crippen LogP contribution in [-0.2, 0) is 4.79 Å². The Morgan fingerprint density at radius 2 is 2.08 bits per heavy atom. The Hall–Kier alpha value is -0.620. The first kappa shape index (κ1) is 9.47. The lowest BCUT2D eigenvalue weighted by molar-refractivity contribution is 0.300. The molecular formula is C10H17NO. The molecule has 0 bridgehead atoms. The van der Waals surface area contributed by atoms with Gasteiger partial charge in [-0.3, -0.25) is 0 Å². The summed E-state index contributed by atoms with van der Waals surface area (Å²) in [4.78, 5) is 14.0. The van der Waals surface area contributed by atoms with Gasteiger partial charge in [-0.15, -0.1) is 0 Å². The Morgan fingerprint density at radius 3 is 2.58 bits per heavy atom. The van der Waals surface area contributed by atoms with E-state index >= 15 is 0 Å². The average molecular weight is 167 g/mol. The largest absolute Gasteiger partial charge is 0.235 e. The summed E-state index contributed by atoms with van der Waals surface area (Å²) >= 11 is 0. The van der Waals surface area contributed by atoms with Crippen LogP contribution < -0.4 is 0 Å². The first-order valence-corrected chi connectivity index (χ1v) is 4.95. The van der Waals surface area contributed by atoms with Gasteiger partial charge in [-0.2, -0.15) is 0 Å². The van der Waals surface area contributed by atoms with Crippen LogP contribution in [0.3, 0.4) is 0 Å². The van der Waals surface area contributed by atoms with Gasteiger partial charge in [-0.1, -0.05) is 26.2 Å². The smallest absolute Gasteiger partial charge is 0.211 e. The van der Waals surface area contributed by atoms with Crippen molar-refractivity contribution in [3.05, 3.63) is 0 Å². The standard InChI is InChI=1S/C10H17NO/c1-2-10(11-8-12)9-6-4-3-5-7-9/h9-10H,2-7H2,1H3. The summed E-state index contributed by atoms with van der Waals surface area (Å²) < 4.78 is 0. The normalized spacial score (nSPS) is 21.4. The third-order valence-electron chi connectivity index (χ3n) is 2.83. The third kappa shape index (κ3) is 2.46. The Bertz CT molecular complexity index is 167. The first-order valence-electron chi connectivity index (χ1n) is 4.95. The second kappa shape index (κ2) is 5.10. The van der Waals surface area contributed by atoms with Gasteiger partial charge in [0.2, 0.25) is 6.08 Å². The minimum Gasteiger partial charge on any atom is -0.211 e. The van der Waals surface area contributed by atoms with Crippen molar-refractivity contribution in [2.45, 2.75) is 51.5 Å². The zero-order valence-electron chi connectivity index (χ0n) is 7.75. The molecule has 0 heterocycles. The highest BCUT2D eigenvalue weighted by Crippen LogP contribution is 2.28. The van der Waals surface area contributed by atoms with Gasteiger partial charge in [0.25, 0.3) is 0 Å². The van der Waals surface area contributed by atoms with Crippen LogP contribution in [0, 0.1) is 5.92 Å². The summed E-state index contributed by atoms with van der Waals surface area (Å²) in [5.41, 5.74) is 0. The quantitative estimate of drug-likeness (QED) is 0.469. The van der Waals surface area contributed by atoms with Crippen molar-refractivity contribution in [2.24, 2.45) is 10.9 Å². The van der Waals surface area contributed by atoms with Crippen LogP contribution in [0.5, 0.6) is 0 Å². The van der Waals surface area contributed by atoms with Crippen LogP contribution in [0.15, 0.2) is 4.99 Å². The molecule has 12 heavy (non-hydrogen) atoms. The number of rotatable bonds is 3. The molecule has 0 aromatic carbocycles. The van der Waals surface area contributed by atoms with E-state index in [2.05, 4.69) is 11.9 Å². The molecule has 2 heteroatoms. The fourth-order valence-corrected chi connectivity index (χ4v) is 2.12. The van der Waals surface area contributed by atoms with E-state index in [0.29, 0.717) is 5.92 Å². The zero-order valence-corrected chi connectivity index (χ0v) is 7.75. The fraction of sp³-hybridized carbons (Fsp3) is 0.900. The molecule has 0 radical (unpaired) electrons. The summed E-state index contributed by atoms with van der Waals surface area (Å²) in [5.74, 6) is 0.658. The molecule has 0 aromatic heterocycles. The molecule has 0 spiro atoms. The second-order valence-corrected chi connectivity index (χ2v) is 3.59. The van der Waals surface area contributed by atoms with Crippen molar-refractivity contribution in [1.29, 1.82) is 0 Å². The molecule has 0 aliphatic heterocycles. The van der Waals surface area contributed by atoms with Crippen molar-refractivity contribution < 1.29 is 4.79 Å². The monoisotopic (exact) mass is 167 g/mol. The summed E-state index contributed by atoms with van der Waals surface area (Å²) in [7, 11) is 0. The van der Waals surface area contributed by atoms with E-state index in [1.807, 2.05) is 0 Å². The molecule has 0 amide bonds. The lowest BCUT2D eigenvalue weighted by Gasteiger charge is -2.25. The summed E-state index contributed by atoms with van der Waals surface area (Å²) in [6.45, 7) is 2.10. The molecule has 2 nitrogen and oxygen atoms in total. The maximum atomic E-state index is 10.1. The number of nitrogens with zero attached hydrogens (tertiary/aromatic N) is 1. The molecule has 0 N–H and O–H groups in total. The van der Waals surface area contributed by atoms with E-state index in [-0.39, 0.29) is 6.04 Å². The van der Waals surface area contributed by atoms with Gasteiger partial charge in [-0.05, 0) is 25.2 Å². The van der Waals surface area contributed by atoms with Gasteiger partial charge in [0.15, 0.2) is 0 Å². The summed E-state index contributed by atoms with van der Waals surface area (Å²) in [5, 5.41) is 0. The summed E-state index contributed by atoms with van der Waals surface area (Å²) in [6.07, 6.45) is 9.17. The first-order chi connectivity index (χ1) is 5.88. The maximum Gasteiger partial charge on any atom is 0.235 e. The van der Waals surface area contributed by atoms with Crippen LogP contribution in [0.1, 0.15) is 45.4 Å². The molecule has 1 rings (SSSR count). The average Bonchev–Trinajstić information content (AvgIpc) is 2.15. The van der Waals surface area contributed by atoms with E-state index in [4.69, 9.17) is 0 Å². The second-order valence-electron chi connectivity index (χ2n) is 3.59. The van der Waals surface area contributed by atoms with Crippen LogP contribution >= 0.6 is 0 Å². The molecule has 1 fully saturated rings. The van der Waals surface area contributed by atoms with E-state index in [9.17, 15) is 4.79 Å². The number of carbonyl (C=O) groups excluding carboxylic acids is 1. The molecule has 1 aliphatic carbocycles. The minimum absolute atomic E-state index is 0.253. The highest BCUT2D eigenvalue weighted by atomic mass is 16.1. The molecular weight excluding hydrogens is 150 g/mol. The Balaban J connectivity index is 2.45. The Labute approximate surface area is 74.1 Å². The predicted octanol–water partition coefficient (Wildman–Crippen LogP) is 2.68. The highest BCUT2D eigenvalue weighted by Gasteiger charge is 2.21. The van der Waals surface area contributed by atoms with Crippen molar-refractivity contribution >= 4 is 6.08 Å². The van der Waals surface area contributed by atoms with Gasteiger partial charge >= 0.3 is 0 Å². The van der Waals surface area contributed by atoms with Gasteiger partial charge in [0.05, 0.1) is 6.04 Å². The molecule has 0 aromatic rings. The Kier molecular flexibility index (Phi) is 4.02. The topological polar surface area (TPSA) is 29.4 Å². The number of hydrogen-bond acceptors (Lipinski definition) is 2. The number of hydrogen-bond donors (Lipinski definition) is 0. The summed E-state index contributed by atoms with van der Waals surface area (Å²) in [6, 6.07) is 0.253. The van der Waals surface area contributed by atoms with Crippen molar-refractivity contribution in [2.75, 3.05) is 0 Å². The van der Waals surface area contributed by atoms with Crippen molar-refractivity contribution in [1.82, 2.24) is 0 Å². The number of isocyanates is 1. The van der Waals surface area contributed by atoms with E-state index < -0.39 is 0 Å². The van der Waals surface area contributed by atoms with Gasteiger partial charge in [-0.25, -0.2) is 9.79 Å². The Morgan fingerprint density at radius 1 is 1.42 bits per heavy atom. The van der Waals surface area contributed by atoms with Crippen LogP contribution in [0.25, 0.3) is 0 Å². The van der Waals surface area contributed by atoms with Gasteiger partial charge < -0.3 is 0 Å². The SMILES string of the molecule is CCC(N=C=O)C1CCCCC1. The van der Waals surface area contributed by atoms with E-state index in [0.717, 1.165) is 6.42 Å². The molecule has 0 saturated heterocycles. The lowest BCUT2D eigenvalue weighted by atomic mass is 9.83. The van der Waals surface area contributed by atoms with Crippen LogP contribution in [-0.4, -0.2) is 12.1 Å². The minimum atomic E-state index is 0.253. The molecule has 1 atom stereocenters. The van der Waals surface area contributed by atoms with Gasteiger partial charge in [0, 0.05) is 0 Å². The van der Waals surface area contributed by atoms with E-state index in [1.165, 1.54) is 32.1 Å². The van der Waals surface area contributed by atoms with Crippen molar-refractivity contribution in [3.63, 3.8) is 0 Å². The van der Waals surface area contributed by atoms with E-state index in [1.54, 1.807) is 6.08 Å². The molecule has 1 aliphatic rings. The van der Waals surface area contributed by atoms with Crippen LogP contribution in [0.2, 0.25) is 0 Å². The molecule has 1 unspecified atom stereocenters. The van der Waals surface area contributed by atoms with Crippen LogP contribution in [0.4, 0.5) is 0 Å². The molecule has 1 saturated carbocycles. The third-order valence-corrected chi connectivity index (χ3v) is 2.83. The lowest BCUT2D eigenvalue weighted by Crippen LogP contribution is -2.20. The fourth-order valence-electron chi connectivity index (χ4n) is 2.12. The molecule has 68 valence electrons. The maximum absolute atomic E-state index is 10.1. The van der Waals surface area contributed by atoms with Gasteiger partial charge in [0.1, 0.15) is 0 Å². The number of aliphatic imine (C=N–C) groups is 1. The zero-order chi connectivity index (χ0) is 8.81.